The molecular formula is C10H15N3O. The number of hydrogen-bond donors (Lipinski definition) is 1. The Labute approximate surface area is 83.6 Å². The molecule has 1 aromatic rings. The molecule has 1 aliphatic rings. The third-order valence-electron chi connectivity index (χ3n) is 2.47. The number of nitrogens with zero attached hydrogens (tertiary/aromatic N) is 3. The first kappa shape index (κ1) is 9.55. The largest absolute Gasteiger partial charge is 0.392 e. The summed E-state index contributed by atoms with van der Waals surface area (Å²) < 4.78 is 0. The van der Waals surface area contributed by atoms with Gasteiger partial charge in [-0.2, -0.15) is 0 Å². The average Bonchev–Trinajstić information content (AvgIpc) is 2.56. The molecular weight excluding hydrogens is 178 g/mol. The Morgan fingerprint density at radius 1 is 1.50 bits per heavy atom. The van der Waals surface area contributed by atoms with Crippen LogP contribution in [0.2, 0.25) is 0 Å². The molecule has 0 amide bonds. The van der Waals surface area contributed by atoms with E-state index in [-0.39, 0.29) is 6.10 Å². The lowest BCUT2D eigenvalue weighted by Crippen LogP contribution is -2.22. The fourth-order valence-corrected chi connectivity index (χ4v) is 1.69. The molecule has 0 bridgehead atoms. The third-order valence-corrected chi connectivity index (χ3v) is 2.47. The van der Waals surface area contributed by atoms with Crippen molar-refractivity contribution in [3.8, 4) is 0 Å². The number of hydrogen-bond acceptors (Lipinski definition) is 4. The fraction of sp³-hybridized carbons (Fsp3) is 0.600. The number of aromatic nitrogens is 2. The molecule has 1 aliphatic heterocycles. The van der Waals surface area contributed by atoms with E-state index in [0.29, 0.717) is 0 Å². The Kier molecular flexibility index (Phi) is 2.74. The van der Waals surface area contributed by atoms with Crippen molar-refractivity contribution in [1.82, 2.24) is 14.9 Å². The quantitative estimate of drug-likeness (QED) is 0.736. The Balaban J connectivity index is 1.94. The zero-order valence-corrected chi connectivity index (χ0v) is 8.35. The summed E-state index contributed by atoms with van der Waals surface area (Å²) in [7, 11) is 0. The second-order valence-electron chi connectivity index (χ2n) is 3.83. The molecule has 0 spiro atoms. The first-order chi connectivity index (χ1) is 6.74. The lowest BCUT2D eigenvalue weighted by molar-refractivity contribution is 0.174. The second-order valence-corrected chi connectivity index (χ2v) is 3.83. The molecule has 14 heavy (non-hydrogen) atoms. The smallest absolute Gasteiger partial charge is 0.0727 e. The molecule has 2 heterocycles. The Morgan fingerprint density at radius 3 is 2.93 bits per heavy atom. The fourth-order valence-electron chi connectivity index (χ4n) is 1.69. The van der Waals surface area contributed by atoms with E-state index in [1.807, 2.05) is 6.92 Å². The van der Waals surface area contributed by atoms with Gasteiger partial charge in [0.1, 0.15) is 0 Å². The minimum Gasteiger partial charge on any atom is -0.392 e. The summed E-state index contributed by atoms with van der Waals surface area (Å²) in [6, 6.07) is 0. The van der Waals surface area contributed by atoms with Gasteiger partial charge in [-0.3, -0.25) is 14.9 Å². The average molecular weight is 193 g/mol. The molecule has 0 radical (unpaired) electrons. The predicted octanol–water partition coefficient (Wildman–Crippen LogP) is 0.352. The van der Waals surface area contributed by atoms with Crippen LogP contribution in [-0.4, -0.2) is 39.2 Å². The van der Waals surface area contributed by atoms with Crippen molar-refractivity contribution < 1.29 is 5.11 Å². The van der Waals surface area contributed by atoms with Gasteiger partial charge in [0, 0.05) is 32.0 Å². The second kappa shape index (κ2) is 4.02. The maximum Gasteiger partial charge on any atom is 0.0727 e. The molecule has 2 rings (SSSR count). The minimum absolute atomic E-state index is 0.159. The maximum atomic E-state index is 9.34. The Bertz CT molecular complexity index is 299. The highest BCUT2D eigenvalue weighted by Gasteiger charge is 2.20. The van der Waals surface area contributed by atoms with Crippen LogP contribution in [0.25, 0.3) is 0 Å². The standard InChI is InChI=1S/C10H15N3O/c1-8-4-12-9(5-11-8)6-13-3-2-10(14)7-13/h4-5,10,14H,2-3,6-7H2,1H3. The summed E-state index contributed by atoms with van der Waals surface area (Å²) in [5, 5.41) is 9.34. The van der Waals surface area contributed by atoms with Gasteiger partial charge in [-0.15, -0.1) is 0 Å². The summed E-state index contributed by atoms with van der Waals surface area (Å²) in [5.41, 5.74) is 1.92. The lowest BCUT2D eigenvalue weighted by atomic mass is 10.3. The van der Waals surface area contributed by atoms with E-state index in [0.717, 1.165) is 37.4 Å². The van der Waals surface area contributed by atoms with Crippen LogP contribution in [0.5, 0.6) is 0 Å². The van der Waals surface area contributed by atoms with Crippen LogP contribution in [0.1, 0.15) is 17.8 Å². The molecule has 1 N–H and O–H groups in total. The molecule has 1 aromatic heterocycles. The van der Waals surface area contributed by atoms with Gasteiger partial charge < -0.3 is 5.11 Å². The van der Waals surface area contributed by atoms with Crippen molar-refractivity contribution in [3.05, 3.63) is 23.8 Å². The molecule has 1 fully saturated rings. The van der Waals surface area contributed by atoms with Crippen LogP contribution in [0, 0.1) is 6.92 Å². The van der Waals surface area contributed by atoms with Crippen LogP contribution in [0.3, 0.4) is 0 Å². The predicted molar refractivity (Wildman–Crippen MR) is 52.7 cm³/mol. The number of rotatable bonds is 2. The summed E-state index contributed by atoms with van der Waals surface area (Å²) in [4.78, 5) is 10.7. The van der Waals surface area contributed by atoms with Crippen LogP contribution >= 0.6 is 0 Å². The number of likely N-dealkylation sites (tertiary alicyclic amines) is 1. The van der Waals surface area contributed by atoms with Crippen molar-refractivity contribution in [2.24, 2.45) is 0 Å². The SMILES string of the molecule is Cc1cnc(CN2CCC(O)C2)cn1. The van der Waals surface area contributed by atoms with Gasteiger partial charge in [0.2, 0.25) is 0 Å². The number of aliphatic hydroxyl groups excluding tert-OH is 1. The first-order valence-corrected chi connectivity index (χ1v) is 4.92. The van der Waals surface area contributed by atoms with Gasteiger partial charge in [-0.05, 0) is 13.3 Å². The molecule has 4 heteroatoms. The van der Waals surface area contributed by atoms with Crippen molar-refractivity contribution >= 4 is 0 Å². The van der Waals surface area contributed by atoms with Crippen LogP contribution in [0.15, 0.2) is 12.4 Å². The van der Waals surface area contributed by atoms with Gasteiger partial charge in [0.05, 0.1) is 17.5 Å². The molecule has 1 unspecified atom stereocenters. The molecule has 0 saturated carbocycles. The molecule has 4 nitrogen and oxygen atoms in total. The minimum atomic E-state index is -0.159. The van der Waals surface area contributed by atoms with E-state index < -0.39 is 0 Å². The number of aliphatic hydroxyl groups is 1. The highest BCUT2D eigenvalue weighted by Crippen LogP contribution is 2.11. The highest BCUT2D eigenvalue weighted by atomic mass is 16.3. The van der Waals surface area contributed by atoms with E-state index in [1.54, 1.807) is 12.4 Å². The third kappa shape index (κ3) is 2.27. The highest BCUT2D eigenvalue weighted by molar-refractivity contribution is 5.00. The van der Waals surface area contributed by atoms with E-state index in [9.17, 15) is 5.11 Å². The Hall–Kier alpha value is -1.00. The van der Waals surface area contributed by atoms with Gasteiger partial charge in [0.25, 0.3) is 0 Å². The monoisotopic (exact) mass is 193 g/mol. The molecule has 1 atom stereocenters. The lowest BCUT2D eigenvalue weighted by Gasteiger charge is -2.13. The number of β-amino-alcohol motifs (C(OH)–C–C–N with tert-alkyl or cyclic N) is 1. The molecule has 76 valence electrons. The van der Waals surface area contributed by atoms with Crippen molar-refractivity contribution in [3.63, 3.8) is 0 Å². The van der Waals surface area contributed by atoms with Gasteiger partial charge >= 0.3 is 0 Å². The summed E-state index contributed by atoms with van der Waals surface area (Å²) in [6.07, 6.45) is 4.30. The van der Waals surface area contributed by atoms with Crippen LogP contribution in [0.4, 0.5) is 0 Å². The van der Waals surface area contributed by atoms with Crippen LogP contribution in [-0.2, 0) is 6.54 Å². The van der Waals surface area contributed by atoms with E-state index in [4.69, 9.17) is 0 Å². The maximum absolute atomic E-state index is 9.34. The van der Waals surface area contributed by atoms with E-state index in [2.05, 4.69) is 14.9 Å². The normalized spacial score (nSPS) is 22.9. The molecule has 0 aromatic carbocycles. The van der Waals surface area contributed by atoms with E-state index in [1.165, 1.54) is 0 Å². The van der Waals surface area contributed by atoms with Crippen molar-refractivity contribution in [2.75, 3.05) is 13.1 Å². The molecule has 1 saturated heterocycles. The number of aryl methyl sites for hydroxylation is 1. The Morgan fingerprint density at radius 2 is 2.36 bits per heavy atom. The summed E-state index contributed by atoms with van der Waals surface area (Å²) >= 11 is 0. The van der Waals surface area contributed by atoms with Gasteiger partial charge in [-0.1, -0.05) is 0 Å². The zero-order chi connectivity index (χ0) is 9.97. The van der Waals surface area contributed by atoms with Gasteiger partial charge in [0.15, 0.2) is 0 Å². The summed E-state index contributed by atoms with van der Waals surface area (Å²) in [6.45, 7) is 4.44. The van der Waals surface area contributed by atoms with Crippen molar-refractivity contribution in [2.45, 2.75) is 26.0 Å². The van der Waals surface area contributed by atoms with Crippen LogP contribution < -0.4 is 0 Å². The summed E-state index contributed by atoms with van der Waals surface area (Å²) in [5.74, 6) is 0. The molecule has 0 aliphatic carbocycles. The topological polar surface area (TPSA) is 49.2 Å². The van der Waals surface area contributed by atoms with Crippen molar-refractivity contribution in [1.29, 1.82) is 0 Å². The zero-order valence-electron chi connectivity index (χ0n) is 8.35. The van der Waals surface area contributed by atoms with Gasteiger partial charge in [-0.25, -0.2) is 0 Å². The first-order valence-electron chi connectivity index (χ1n) is 4.92. The van der Waals surface area contributed by atoms with E-state index >= 15 is 0 Å².